The van der Waals surface area contributed by atoms with Gasteiger partial charge in [0.1, 0.15) is 31.0 Å². The van der Waals surface area contributed by atoms with Gasteiger partial charge in [0.05, 0.1) is 11.0 Å². The maximum absolute atomic E-state index is 11.4. The van der Waals surface area contributed by atoms with Gasteiger partial charge in [-0.3, -0.25) is 15.0 Å². The lowest BCUT2D eigenvalue weighted by Crippen LogP contribution is -2.62. The number of pyridine rings is 1. The number of nitrogens with zero attached hydrogens (tertiary/aromatic N) is 3. The van der Waals surface area contributed by atoms with Gasteiger partial charge in [-0.15, -0.1) is 0 Å². The van der Waals surface area contributed by atoms with E-state index in [2.05, 4.69) is 0 Å². The van der Waals surface area contributed by atoms with E-state index >= 15 is 0 Å². The first kappa shape index (κ1) is 10.6. The standard InChI is InChI=1S/C9H11N3O4/c1-9(13)5-10(6-9)8-4-7(12(15)16)2-3-11(8)14/h2-4,13H,5-6H2,1H3. The molecule has 1 fully saturated rings. The largest absolute Gasteiger partial charge is 0.711 e. The van der Waals surface area contributed by atoms with Crippen molar-refractivity contribution in [3.05, 3.63) is 33.7 Å². The molecule has 0 aromatic carbocycles. The maximum Gasteiger partial charge on any atom is 0.286 e. The van der Waals surface area contributed by atoms with Crippen molar-refractivity contribution in [3.63, 3.8) is 0 Å². The van der Waals surface area contributed by atoms with Crippen LogP contribution in [0, 0.1) is 15.3 Å². The highest BCUT2D eigenvalue weighted by molar-refractivity contribution is 5.46. The first-order valence-corrected chi connectivity index (χ1v) is 4.74. The predicted octanol–water partition coefficient (Wildman–Crippen LogP) is -0.201. The quantitative estimate of drug-likeness (QED) is 0.325. The molecule has 7 heteroatoms. The Labute approximate surface area is 91.3 Å². The van der Waals surface area contributed by atoms with Crippen molar-refractivity contribution >= 4 is 11.5 Å². The number of nitro groups is 1. The van der Waals surface area contributed by atoms with Gasteiger partial charge in [-0.1, -0.05) is 0 Å². The summed E-state index contributed by atoms with van der Waals surface area (Å²) in [4.78, 5) is 11.6. The Balaban J connectivity index is 2.27. The van der Waals surface area contributed by atoms with Crippen molar-refractivity contribution in [1.29, 1.82) is 0 Å². The average Bonchev–Trinajstić information content (AvgIpc) is 2.14. The second-order valence-electron chi connectivity index (χ2n) is 4.18. The lowest BCUT2D eigenvalue weighted by Gasteiger charge is -2.39. The summed E-state index contributed by atoms with van der Waals surface area (Å²) < 4.78 is 0.558. The minimum absolute atomic E-state index is 0.131. The van der Waals surface area contributed by atoms with Crippen LogP contribution in [0.2, 0.25) is 0 Å². The minimum atomic E-state index is -0.822. The van der Waals surface area contributed by atoms with Crippen LogP contribution >= 0.6 is 0 Å². The molecular formula is C9H11N3O4. The molecule has 1 N–H and O–H groups in total. The molecule has 1 aliphatic heterocycles. The fourth-order valence-electron chi connectivity index (χ4n) is 1.75. The molecule has 1 saturated heterocycles. The van der Waals surface area contributed by atoms with Gasteiger partial charge >= 0.3 is 0 Å². The van der Waals surface area contributed by atoms with Gasteiger partial charge < -0.3 is 10.3 Å². The molecule has 1 aliphatic rings. The SMILES string of the molecule is CC1(O)CN(c2cc([N+](=O)[O-])cc[n+]2[O-])C1. The molecule has 0 bridgehead atoms. The number of hydrogen-bond donors (Lipinski definition) is 1. The number of aromatic nitrogens is 1. The van der Waals surface area contributed by atoms with Crippen LogP contribution in [0.25, 0.3) is 0 Å². The summed E-state index contributed by atoms with van der Waals surface area (Å²) in [6.07, 6.45) is 1.10. The Kier molecular flexibility index (Phi) is 2.20. The molecule has 0 saturated carbocycles. The molecule has 2 rings (SSSR count). The van der Waals surface area contributed by atoms with Crippen LogP contribution in [0.4, 0.5) is 11.5 Å². The molecule has 1 aromatic heterocycles. The van der Waals surface area contributed by atoms with Crippen molar-refractivity contribution in [2.24, 2.45) is 0 Å². The summed E-state index contributed by atoms with van der Waals surface area (Å²) in [5, 5.41) is 31.5. The van der Waals surface area contributed by atoms with E-state index in [-0.39, 0.29) is 11.5 Å². The molecule has 86 valence electrons. The van der Waals surface area contributed by atoms with Gasteiger partial charge in [-0.2, -0.15) is 0 Å². The fourth-order valence-corrected chi connectivity index (χ4v) is 1.75. The lowest BCUT2D eigenvalue weighted by molar-refractivity contribution is -0.593. The number of anilines is 1. The van der Waals surface area contributed by atoms with Crippen LogP contribution in [-0.4, -0.2) is 28.7 Å². The third-order valence-electron chi connectivity index (χ3n) is 2.48. The van der Waals surface area contributed by atoms with Gasteiger partial charge in [0.2, 0.25) is 0 Å². The normalized spacial score (nSPS) is 18.0. The van der Waals surface area contributed by atoms with Crippen LogP contribution in [0.1, 0.15) is 6.92 Å². The summed E-state index contributed by atoms with van der Waals surface area (Å²) in [6.45, 7) is 2.25. The first-order chi connectivity index (χ1) is 7.39. The monoisotopic (exact) mass is 225 g/mol. The smallest absolute Gasteiger partial charge is 0.286 e. The lowest BCUT2D eigenvalue weighted by atomic mass is 9.97. The summed E-state index contributed by atoms with van der Waals surface area (Å²) in [6, 6.07) is 2.36. The second-order valence-corrected chi connectivity index (χ2v) is 4.18. The van der Waals surface area contributed by atoms with Crippen molar-refractivity contribution in [3.8, 4) is 0 Å². The minimum Gasteiger partial charge on any atom is -0.711 e. The Morgan fingerprint density at radius 2 is 2.25 bits per heavy atom. The average molecular weight is 225 g/mol. The molecule has 7 nitrogen and oxygen atoms in total. The zero-order valence-corrected chi connectivity index (χ0v) is 8.66. The van der Waals surface area contributed by atoms with Gasteiger partial charge in [0.25, 0.3) is 11.5 Å². The molecule has 0 spiro atoms. The fraction of sp³-hybridized carbons (Fsp3) is 0.444. The zero-order valence-electron chi connectivity index (χ0n) is 8.66. The van der Waals surface area contributed by atoms with Crippen LogP contribution < -0.4 is 9.63 Å². The summed E-state index contributed by atoms with van der Waals surface area (Å²) in [5.41, 5.74) is -0.953. The summed E-state index contributed by atoms with van der Waals surface area (Å²) in [5.74, 6) is 0.195. The van der Waals surface area contributed by atoms with Crippen molar-refractivity contribution in [2.75, 3.05) is 18.0 Å². The Bertz CT molecular complexity index is 438. The summed E-state index contributed by atoms with van der Waals surface area (Å²) in [7, 11) is 0. The Morgan fingerprint density at radius 1 is 1.62 bits per heavy atom. The van der Waals surface area contributed by atoms with E-state index in [0.717, 1.165) is 12.3 Å². The highest BCUT2D eigenvalue weighted by Gasteiger charge is 2.44. The number of β-amino-alcohol motifs (C(OH)–C–C–N with tert-alkyl or cyclic N) is 1. The number of aliphatic hydroxyl groups is 1. The van der Waals surface area contributed by atoms with Crippen LogP contribution in [0.15, 0.2) is 18.3 Å². The highest BCUT2D eigenvalue weighted by atomic mass is 16.6. The van der Waals surface area contributed by atoms with E-state index in [1.807, 2.05) is 0 Å². The molecule has 0 aliphatic carbocycles. The van der Waals surface area contributed by atoms with Crippen molar-refractivity contribution in [1.82, 2.24) is 0 Å². The Hall–Kier alpha value is -1.89. The van der Waals surface area contributed by atoms with E-state index in [1.54, 1.807) is 11.8 Å². The molecule has 16 heavy (non-hydrogen) atoms. The Morgan fingerprint density at radius 3 is 2.75 bits per heavy atom. The van der Waals surface area contributed by atoms with E-state index in [4.69, 9.17) is 0 Å². The van der Waals surface area contributed by atoms with Gasteiger partial charge in [0, 0.05) is 0 Å². The topological polar surface area (TPSA) is 93.5 Å². The molecular weight excluding hydrogens is 214 g/mol. The van der Waals surface area contributed by atoms with Gasteiger partial charge in [-0.25, -0.2) is 4.73 Å². The predicted molar refractivity (Wildman–Crippen MR) is 54.9 cm³/mol. The first-order valence-electron chi connectivity index (χ1n) is 4.74. The van der Waals surface area contributed by atoms with Crippen molar-refractivity contribution < 1.29 is 14.8 Å². The van der Waals surface area contributed by atoms with Crippen LogP contribution in [0.5, 0.6) is 0 Å². The molecule has 0 atom stereocenters. The van der Waals surface area contributed by atoms with Crippen molar-refractivity contribution in [2.45, 2.75) is 12.5 Å². The van der Waals surface area contributed by atoms with E-state index < -0.39 is 10.5 Å². The molecule has 0 radical (unpaired) electrons. The third-order valence-corrected chi connectivity index (χ3v) is 2.48. The molecule has 2 heterocycles. The third kappa shape index (κ3) is 1.76. The van der Waals surface area contributed by atoms with E-state index in [9.17, 15) is 20.4 Å². The molecule has 1 aromatic rings. The molecule has 0 amide bonds. The second kappa shape index (κ2) is 3.31. The van der Waals surface area contributed by atoms with Crippen LogP contribution in [-0.2, 0) is 0 Å². The van der Waals surface area contributed by atoms with Crippen LogP contribution in [0.3, 0.4) is 0 Å². The maximum atomic E-state index is 11.4. The van der Waals surface area contributed by atoms with E-state index in [1.165, 1.54) is 6.07 Å². The highest BCUT2D eigenvalue weighted by Crippen LogP contribution is 2.26. The summed E-state index contributed by atoms with van der Waals surface area (Å²) >= 11 is 0. The molecule has 0 unspecified atom stereocenters. The zero-order chi connectivity index (χ0) is 11.9. The van der Waals surface area contributed by atoms with Gasteiger partial charge in [0.15, 0.2) is 0 Å². The number of hydrogen-bond acceptors (Lipinski definition) is 5. The number of rotatable bonds is 2. The van der Waals surface area contributed by atoms with E-state index in [0.29, 0.717) is 17.8 Å². The van der Waals surface area contributed by atoms with Gasteiger partial charge in [-0.05, 0) is 6.92 Å².